The lowest BCUT2D eigenvalue weighted by atomic mass is 9.81. The minimum absolute atomic E-state index is 0.381. The number of rotatable bonds is 2. The normalized spacial score (nSPS) is 47.1. The summed E-state index contributed by atoms with van der Waals surface area (Å²) in [6, 6.07) is 0. The van der Waals surface area contributed by atoms with E-state index in [1.807, 2.05) is 0 Å². The molecule has 4 atom stereocenters. The molecule has 0 aromatic heterocycles. The predicted molar refractivity (Wildman–Crippen MR) is 53.2 cm³/mol. The van der Waals surface area contributed by atoms with Gasteiger partial charge in [0.2, 0.25) is 0 Å². The maximum absolute atomic E-state index is 11.1. The average Bonchev–Trinajstić information content (AvgIpc) is 2.69. The summed E-state index contributed by atoms with van der Waals surface area (Å²) in [6.07, 6.45) is 3.65. The van der Waals surface area contributed by atoms with Gasteiger partial charge >= 0.3 is 11.9 Å². The largest absolute Gasteiger partial charge is 0.480 e. The van der Waals surface area contributed by atoms with E-state index in [1.54, 1.807) is 12.2 Å². The lowest BCUT2D eigenvalue weighted by Gasteiger charge is -2.36. The van der Waals surface area contributed by atoms with Gasteiger partial charge in [0, 0.05) is 11.8 Å². The van der Waals surface area contributed by atoms with E-state index in [1.165, 1.54) is 0 Å². The zero-order valence-electron chi connectivity index (χ0n) is 7.48. The quantitative estimate of drug-likeness (QED) is 0.573. The number of alkyl halides is 2. The summed E-state index contributed by atoms with van der Waals surface area (Å²) in [4.78, 5) is 18.4. The van der Waals surface area contributed by atoms with Crippen molar-refractivity contribution < 1.29 is 19.8 Å². The highest BCUT2D eigenvalue weighted by Crippen LogP contribution is 2.60. The molecule has 0 amide bonds. The van der Waals surface area contributed by atoms with Crippen molar-refractivity contribution in [3.05, 3.63) is 12.2 Å². The summed E-state index contributed by atoms with van der Waals surface area (Å²) in [7, 11) is 0. The first-order chi connectivity index (χ1) is 6.85. The number of carboxylic acid groups (broad SMARTS) is 2. The fourth-order valence-electron chi connectivity index (χ4n) is 2.46. The molecule has 0 aromatic rings. The van der Waals surface area contributed by atoms with Gasteiger partial charge in [-0.2, -0.15) is 0 Å². The molecule has 82 valence electrons. The maximum Gasteiger partial charge on any atom is 0.327 e. The van der Waals surface area contributed by atoms with Crippen LogP contribution in [0.1, 0.15) is 6.42 Å². The Balaban J connectivity index is 2.59. The smallest absolute Gasteiger partial charge is 0.327 e. The van der Waals surface area contributed by atoms with Crippen LogP contribution in [-0.4, -0.2) is 31.9 Å². The molecule has 4 nitrogen and oxygen atoms in total. The summed E-state index contributed by atoms with van der Waals surface area (Å²) >= 11 is 11.9. The topological polar surface area (TPSA) is 74.6 Å². The minimum atomic E-state index is -1.94. The number of carbonyl (C=O) groups is 2. The van der Waals surface area contributed by atoms with Crippen molar-refractivity contribution in [1.82, 2.24) is 0 Å². The molecule has 4 unspecified atom stereocenters. The number of aliphatic carboxylic acids is 2. The Kier molecular flexibility index (Phi) is 2.07. The Hall–Kier alpha value is -0.740. The molecule has 0 radical (unpaired) electrons. The molecule has 2 bridgehead atoms. The highest BCUT2D eigenvalue weighted by molar-refractivity contribution is 6.48. The minimum Gasteiger partial charge on any atom is -0.480 e. The van der Waals surface area contributed by atoms with Crippen LogP contribution in [0.4, 0.5) is 0 Å². The summed E-state index contributed by atoms with van der Waals surface area (Å²) < 4.78 is 0. The molecule has 15 heavy (non-hydrogen) atoms. The second kappa shape index (κ2) is 2.89. The Morgan fingerprint density at radius 2 is 1.40 bits per heavy atom. The van der Waals surface area contributed by atoms with Crippen molar-refractivity contribution in [3.8, 4) is 0 Å². The van der Waals surface area contributed by atoms with Gasteiger partial charge in [-0.1, -0.05) is 12.2 Å². The lowest BCUT2D eigenvalue weighted by molar-refractivity contribution is -0.150. The third kappa shape index (κ3) is 0.988. The average molecular weight is 251 g/mol. The van der Waals surface area contributed by atoms with Gasteiger partial charge in [-0.3, -0.25) is 9.59 Å². The summed E-state index contributed by atoms with van der Waals surface area (Å²) in [5, 5.41) is 18.1. The van der Waals surface area contributed by atoms with Crippen molar-refractivity contribution in [2.45, 2.75) is 16.2 Å². The van der Waals surface area contributed by atoms with E-state index in [0.29, 0.717) is 6.42 Å². The Labute approximate surface area is 95.5 Å². The van der Waals surface area contributed by atoms with Crippen LogP contribution in [0.15, 0.2) is 12.2 Å². The molecular weight excluding hydrogens is 243 g/mol. The van der Waals surface area contributed by atoms with Gasteiger partial charge in [-0.05, 0) is 6.42 Å². The fraction of sp³-hybridized carbons (Fsp3) is 0.556. The van der Waals surface area contributed by atoms with E-state index in [0.717, 1.165) is 0 Å². The molecule has 0 aliphatic heterocycles. The number of hydrogen-bond acceptors (Lipinski definition) is 2. The van der Waals surface area contributed by atoms with Gasteiger partial charge in [0.1, 0.15) is 0 Å². The summed E-state index contributed by atoms with van der Waals surface area (Å²) in [6.45, 7) is 0. The first-order valence-electron chi connectivity index (χ1n) is 4.38. The van der Waals surface area contributed by atoms with Crippen LogP contribution in [0.3, 0.4) is 0 Å². The first-order valence-corrected chi connectivity index (χ1v) is 5.13. The van der Waals surface area contributed by atoms with E-state index in [2.05, 4.69) is 0 Å². The Morgan fingerprint density at radius 1 is 1.07 bits per heavy atom. The fourth-order valence-corrected chi connectivity index (χ4v) is 3.22. The van der Waals surface area contributed by atoms with Crippen LogP contribution in [0.5, 0.6) is 0 Å². The van der Waals surface area contributed by atoms with Gasteiger partial charge in [0.15, 0.2) is 9.75 Å². The van der Waals surface area contributed by atoms with Crippen molar-refractivity contribution in [3.63, 3.8) is 0 Å². The molecule has 1 fully saturated rings. The van der Waals surface area contributed by atoms with Gasteiger partial charge in [-0.15, -0.1) is 23.2 Å². The van der Waals surface area contributed by atoms with Crippen LogP contribution in [0, 0.1) is 11.8 Å². The molecule has 1 saturated carbocycles. The van der Waals surface area contributed by atoms with Crippen molar-refractivity contribution in [1.29, 1.82) is 0 Å². The monoisotopic (exact) mass is 250 g/mol. The first kappa shape index (κ1) is 10.8. The third-order valence-electron chi connectivity index (χ3n) is 3.26. The van der Waals surface area contributed by atoms with Crippen molar-refractivity contribution >= 4 is 35.1 Å². The zero-order valence-corrected chi connectivity index (χ0v) is 9.00. The van der Waals surface area contributed by atoms with Crippen molar-refractivity contribution in [2.75, 3.05) is 0 Å². The maximum atomic E-state index is 11.1. The highest BCUT2D eigenvalue weighted by atomic mass is 35.5. The summed E-state index contributed by atoms with van der Waals surface area (Å²) in [5.74, 6) is -3.79. The molecule has 6 heteroatoms. The van der Waals surface area contributed by atoms with Crippen LogP contribution >= 0.6 is 23.2 Å². The second-order valence-corrected chi connectivity index (χ2v) is 5.06. The molecule has 2 aliphatic rings. The van der Waals surface area contributed by atoms with Crippen molar-refractivity contribution in [2.24, 2.45) is 11.8 Å². The SMILES string of the molecule is O=C(O)C1(Cl)C2C=CC(C2)C1(Cl)C(=O)O. The molecule has 0 saturated heterocycles. The number of fused-ring (bicyclic) bond motifs is 2. The molecular formula is C9H8Cl2O4. The number of hydrogen-bond donors (Lipinski definition) is 2. The van der Waals surface area contributed by atoms with Crippen LogP contribution in [0.25, 0.3) is 0 Å². The van der Waals surface area contributed by atoms with E-state index < -0.39 is 33.5 Å². The number of halogens is 2. The van der Waals surface area contributed by atoms with Gasteiger partial charge in [0.05, 0.1) is 0 Å². The van der Waals surface area contributed by atoms with Crippen LogP contribution in [-0.2, 0) is 9.59 Å². The Morgan fingerprint density at radius 3 is 1.67 bits per heavy atom. The van der Waals surface area contributed by atoms with Gasteiger partial charge < -0.3 is 10.2 Å². The van der Waals surface area contributed by atoms with E-state index in [9.17, 15) is 9.59 Å². The van der Waals surface area contributed by atoms with Gasteiger partial charge in [0.25, 0.3) is 0 Å². The van der Waals surface area contributed by atoms with E-state index in [-0.39, 0.29) is 0 Å². The van der Waals surface area contributed by atoms with E-state index >= 15 is 0 Å². The third-order valence-corrected chi connectivity index (χ3v) is 4.83. The van der Waals surface area contributed by atoms with Gasteiger partial charge in [-0.25, -0.2) is 0 Å². The number of allylic oxidation sites excluding steroid dienone is 2. The predicted octanol–water partition coefficient (Wildman–Crippen LogP) is 1.32. The summed E-state index contributed by atoms with van der Waals surface area (Å²) in [5.41, 5.74) is 0. The molecule has 0 spiro atoms. The molecule has 0 aromatic carbocycles. The second-order valence-electron chi connectivity index (χ2n) is 3.87. The molecule has 2 rings (SSSR count). The molecule has 2 N–H and O–H groups in total. The molecule has 2 aliphatic carbocycles. The Bertz CT molecular complexity index is 346. The highest BCUT2D eigenvalue weighted by Gasteiger charge is 2.73. The zero-order chi connectivity index (χ0) is 11.4. The molecule has 0 heterocycles. The number of carboxylic acids is 2. The van der Waals surface area contributed by atoms with E-state index in [4.69, 9.17) is 33.4 Å². The lowest BCUT2D eigenvalue weighted by Crippen LogP contribution is -2.59. The van der Waals surface area contributed by atoms with Crippen LogP contribution in [0.2, 0.25) is 0 Å². The standard InChI is InChI=1S/C9H8Cl2O4/c10-8(6(12)13)4-1-2-5(3-4)9(8,11)7(14)15/h1-2,4-5H,3H2,(H,12,13)(H,14,15). The van der Waals surface area contributed by atoms with Crippen LogP contribution < -0.4 is 0 Å².